The minimum Gasteiger partial charge on any atom is -0.394 e. The molecule has 0 spiro atoms. The van der Waals surface area contributed by atoms with Crippen LogP contribution in [-0.4, -0.2) is 134 Å². The van der Waals surface area contributed by atoms with Gasteiger partial charge in [-0.1, -0.05) is 217 Å². The van der Waals surface area contributed by atoms with Crippen LogP contribution in [0.5, 0.6) is 0 Å². The lowest BCUT2D eigenvalue weighted by Crippen LogP contribution is -2.69. The van der Waals surface area contributed by atoms with Crippen molar-refractivity contribution in [1.82, 2.24) is 10.6 Å². The first-order valence-electron chi connectivity index (χ1n) is 50.1. The van der Waals surface area contributed by atoms with Crippen LogP contribution < -0.4 is 10.6 Å². The molecule has 2 saturated heterocycles. The summed E-state index contributed by atoms with van der Waals surface area (Å²) >= 11 is 0. The molecule has 0 saturated carbocycles. The summed E-state index contributed by atoms with van der Waals surface area (Å²) in [6.45, 7) is 43.1. The maximum Gasteiger partial charge on any atom is 0.483 e. The molecule has 2 fully saturated rings. The van der Waals surface area contributed by atoms with Crippen LogP contribution in [0.2, 0.25) is 0 Å². The molecule has 0 aromatic heterocycles. The molecule has 0 aliphatic carbocycles. The number of hydrogen-bond acceptors (Lipinski definition) is 15. The largest absolute Gasteiger partial charge is 0.483 e. The SMILES string of the molecule is CC(=O)N[C@H]1[C@H](O[C@H]2[C@H](O)[C@@H](NC(=O)C(F)(F)F)[C@@H](OP(=O)(O)OP(=O)(O)OCC[C@@H](C)CC/C=C(/C)CC/C=C(/C)CC/C=C(/C)CC/C=C(/C)CC/C=C(/C)CC/C=C(/C)CC/C=C(/C)CC/C=C(/C)CC/C=C(/C)CC/C=C(/C)CC/C=C(/C)CC/C=C(/C)CC/C=C(/C)CC/C=C(/C)CC/C=C(/C)CC/C=C(\C)CC/C=C(\C)CCC=C(C)C)O[C@@H]2CO)O[C@H](CO)[C@@H](O)[C@@H]1O. The number of aliphatic hydroxyl groups is 5. The van der Waals surface area contributed by atoms with Gasteiger partial charge in [0, 0.05) is 6.92 Å². The van der Waals surface area contributed by atoms with Gasteiger partial charge in [-0.2, -0.15) is 17.5 Å². The average molecular weight is 1930 g/mol. The van der Waals surface area contributed by atoms with Gasteiger partial charge in [0.1, 0.15) is 48.7 Å². The normalized spacial score (nSPS) is 22.3. The summed E-state index contributed by atoms with van der Waals surface area (Å²) in [4.78, 5) is 45.1. The number of ether oxygens (including phenoxy) is 3. The fraction of sp³-hybridized carbons (Fsp3) is 0.658. The molecular formula is C111H181F3N2O17P2. The van der Waals surface area contributed by atoms with Crippen molar-refractivity contribution < 1.29 is 94.8 Å². The number of phosphoric ester groups is 2. The number of halogens is 3. The van der Waals surface area contributed by atoms with Gasteiger partial charge in [-0.05, 0) is 375 Å². The summed E-state index contributed by atoms with van der Waals surface area (Å²) in [5.41, 5.74) is 26.3. The van der Waals surface area contributed by atoms with Crippen molar-refractivity contribution in [1.29, 1.82) is 0 Å². The quantitative estimate of drug-likeness (QED) is 0.0202. The molecule has 0 aromatic carbocycles. The van der Waals surface area contributed by atoms with E-state index in [0.29, 0.717) is 12.8 Å². The van der Waals surface area contributed by atoms with Crippen LogP contribution in [0.15, 0.2) is 210 Å². The molecule has 0 radical (unpaired) electrons. The summed E-state index contributed by atoms with van der Waals surface area (Å²) in [7, 11) is -11.4. The van der Waals surface area contributed by atoms with E-state index in [4.69, 9.17) is 23.3 Å². The number of alkyl halides is 3. The number of allylic oxidation sites excluding steroid dienone is 36. The van der Waals surface area contributed by atoms with E-state index in [1.807, 2.05) is 6.92 Å². The smallest absolute Gasteiger partial charge is 0.394 e. The van der Waals surface area contributed by atoms with Gasteiger partial charge in [0.05, 0.1) is 19.8 Å². The highest BCUT2D eigenvalue weighted by atomic mass is 31.3. The minimum atomic E-state index is -5.94. The maximum atomic E-state index is 13.6. The molecule has 13 atom stereocenters. The highest BCUT2D eigenvalue weighted by Crippen LogP contribution is 2.61. The Morgan fingerprint density at radius 1 is 0.341 bits per heavy atom. The second-order valence-electron chi connectivity index (χ2n) is 39.0. The highest BCUT2D eigenvalue weighted by Gasteiger charge is 2.55. The van der Waals surface area contributed by atoms with Gasteiger partial charge < -0.3 is 60.2 Å². The third kappa shape index (κ3) is 61.3. The molecule has 9 N–H and O–H groups in total. The lowest BCUT2D eigenvalue weighted by molar-refractivity contribution is -0.326. The first kappa shape index (κ1) is 125. The molecule has 2 heterocycles. The third-order valence-electron chi connectivity index (χ3n) is 25.0. The van der Waals surface area contributed by atoms with Crippen molar-refractivity contribution in [2.75, 3.05) is 19.8 Å². The molecule has 19 nitrogen and oxygen atoms in total. The van der Waals surface area contributed by atoms with Crippen molar-refractivity contribution in [3.05, 3.63) is 210 Å². The lowest BCUT2D eigenvalue weighted by atomic mass is 9.94. The van der Waals surface area contributed by atoms with E-state index in [2.05, 4.69) is 251 Å². The van der Waals surface area contributed by atoms with Crippen LogP contribution in [-0.2, 0) is 46.3 Å². The predicted octanol–water partition coefficient (Wildman–Crippen LogP) is 28.8. The fourth-order valence-electron chi connectivity index (χ4n) is 15.9. The van der Waals surface area contributed by atoms with Gasteiger partial charge in [-0.3, -0.25) is 18.6 Å². The number of carbonyl (C=O) groups is 2. The molecule has 2 aliphatic rings. The second kappa shape index (κ2) is 70.6. The van der Waals surface area contributed by atoms with Gasteiger partial charge in [0.25, 0.3) is 0 Å². The Bertz CT molecular complexity index is 4210. The van der Waals surface area contributed by atoms with E-state index in [1.54, 1.807) is 0 Å². The van der Waals surface area contributed by atoms with Crippen molar-refractivity contribution in [3.63, 3.8) is 0 Å². The number of phosphoric acid groups is 2. The molecule has 24 heteroatoms. The Labute approximate surface area is 814 Å². The van der Waals surface area contributed by atoms with Gasteiger partial charge in [0.2, 0.25) is 5.91 Å². The van der Waals surface area contributed by atoms with Gasteiger partial charge >= 0.3 is 27.7 Å². The zero-order valence-electron chi connectivity index (χ0n) is 86.8. The van der Waals surface area contributed by atoms with Crippen LogP contribution in [0.3, 0.4) is 0 Å². The van der Waals surface area contributed by atoms with Crippen LogP contribution in [0.4, 0.5) is 13.2 Å². The van der Waals surface area contributed by atoms with E-state index in [-0.39, 0.29) is 12.3 Å². The molecule has 2 amide bonds. The fourth-order valence-corrected chi connectivity index (χ4v) is 18.1. The number of aliphatic hydroxyl groups excluding tert-OH is 5. The van der Waals surface area contributed by atoms with Crippen LogP contribution in [0, 0.1) is 5.92 Å². The molecule has 135 heavy (non-hydrogen) atoms. The topological polar surface area (TPSA) is 289 Å². The summed E-state index contributed by atoms with van der Waals surface area (Å²) in [5.74, 6) is -3.60. The zero-order valence-corrected chi connectivity index (χ0v) is 88.6. The highest BCUT2D eigenvalue weighted by molar-refractivity contribution is 7.61. The molecule has 2 aliphatic heterocycles. The predicted molar refractivity (Wildman–Crippen MR) is 551 cm³/mol. The number of nitrogens with one attached hydrogen (secondary N) is 2. The third-order valence-corrected chi connectivity index (χ3v) is 27.6. The Kier molecular flexibility index (Phi) is 65.4. The summed E-state index contributed by atoms with van der Waals surface area (Å²) < 4.78 is 97.3. The van der Waals surface area contributed by atoms with Crippen LogP contribution in [0.25, 0.3) is 0 Å². The van der Waals surface area contributed by atoms with E-state index in [0.717, 1.165) is 212 Å². The summed E-state index contributed by atoms with van der Waals surface area (Å²) in [6, 6.07) is -4.20. The Hall–Kier alpha value is -6.01. The number of amides is 2. The van der Waals surface area contributed by atoms with Gasteiger partial charge in [-0.25, -0.2) is 9.13 Å². The van der Waals surface area contributed by atoms with Crippen molar-refractivity contribution >= 4 is 27.5 Å². The Balaban J connectivity index is 1.61. The summed E-state index contributed by atoms with van der Waals surface area (Å²) in [6.07, 6.45) is 60.3. The molecule has 768 valence electrons. The van der Waals surface area contributed by atoms with E-state index in [9.17, 15) is 67.2 Å². The lowest BCUT2D eigenvalue weighted by Gasteiger charge is -2.48. The number of rotatable bonds is 68. The standard InChI is InChI=1S/C111H181F3N2O17P2/c1-80(2)40-22-41-81(3)42-23-43-82(4)44-24-45-83(5)46-25-47-84(6)48-26-49-85(7)50-27-51-86(8)52-28-53-87(9)54-29-55-88(10)56-30-57-89(11)58-31-59-90(12)60-32-61-91(13)62-33-63-92(14)64-34-65-93(15)66-35-67-94(16)68-36-69-95(17)70-37-71-96(18)72-38-73-97(19)74-39-75-98(20)76-77-128-134(124,125)133-135(126,127)132-109-103(116-110(123)111(112,113)114)106(122)107(101(79-118)130-109)131-108-102(115-99(21)119)105(121)104(120)100(78-117)129-108/h40,42,44,46,48,50,52,54,56,58,60,62,64,66,68,70,72,74,98,100-109,117-118,120-122H,22-39,41,43,45,47,49,51,53,55,57,59,61,63,65,67,69,71,73,75-79H2,1-21H3,(H,115,119)(H,116,123)(H,124,125)(H,126,127)/b81-42+,82-44+,83-46-,84-48-,85-50-,86-52-,87-54-,88-56-,89-58-,90-60-,91-62-,92-64-,93-66-,94-68-,95-70-,96-72-,97-74-/t98-,100+,101+,102+,103+,104+,105+,106+,107+,108-,109+/m0/s1. The summed E-state index contributed by atoms with van der Waals surface area (Å²) in [5, 5.41) is 55.9. The molecule has 2 unspecified atom stereocenters. The van der Waals surface area contributed by atoms with Crippen molar-refractivity contribution in [3.8, 4) is 0 Å². The Morgan fingerprint density at radius 2 is 0.585 bits per heavy atom. The molecular weight excluding hydrogens is 1750 g/mol. The first-order chi connectivity index (χ1) is 63.7. The van der Waals surface area contributed by atoms with Crippen molar-refractivity contribution in [2.24, 2.45) is 5.92 Å². The maximum absolute atomic E-state index is 13.6. The number of carbonyl (C=O) groups excluding carboxylic acids is 2. The monoisotopic (exact) mass is 1930 g/mol. The van der Waals surface area contributed by atoms with E-state index < -0.39 is 115 Å². The van der Waals surface area contributed by atoms with Gasteiger partial charge in [0.15, 0.2) is 12.6 Å². The van der Waals surface area contributed by atoms with Crippen molar-refractivity contribution in [2.45, 2.75) is 450 Å². The average Bonchev–Trinajstić information content (AvgIpc) is 0.769. The Morgan fingerprint density at radius 3 is 0.830 bits per heavy atom. The zero-order chi connectivity index (χ0) is 101. The van der Waals surface area contributed by atoms with Crippen LogP contribution in [0.1, 0.15) is 383 Å². The minimum absolute atomic E-state index is 0.0664. The van der Waals surface area contributed by atoms with Crippen LogP contribution >= 0.6 is 15.6 Å². The first-order valence-corrected chi connectivity index (χ1v) is 53.1. The van der Waals surface area contributed by atoms with E-state index in [1.165, 1.54) is 118 Å². The second-order valence-corrected chi connectivity index (χ2v) is 42.0. The number of hydrogen-bond donors (Lipinski definition) is 9. The molecule has 0 bridgehead atoms. The molecule has 2 rings (SSSR count). The molecule has 0 aromatic rings. The van der Waals surface area contributed by atoms with E-state index >= 15 is 0 Å². The van der Waals surface area contributed by atoms with Gasteiger partial charge in [-0.15, -0.1) is 0 Å².